The fraction of sp³-hybridized carbons (Fsp3) is 0.214. The summed E-state index contributed by atoms with van der Waals surface area (Å²) in [6.45, 7) is 6.52. The zero-order valence-electron chi connectivity index (χ0n) is 39.0. The van der Waals surface area contributed by atoms with E-state index in [1.54, 1.807) is 38.3 Å². The first-order valence-electron chi connectivity index (χ1n) is 22.7. The van der Waals surface area contributed by atoms with Crippen LogP contribution in [0.1, 0.15) is 73.7 Å². The van der Waals surface area contributed by atoms with E-state index in [1.807, 2.05) is 159 Å². The topological polar surface area (TPSA) is 149 Å². The Balaban J connectivity index is 1.10. The summed E-state index contributed by atoms with van der Waals surface area (Å²) in [5.41, 5.74) is 3.04. The highest BCUT2D eigenvalue weighted by molar-refractivity contribution is 8.00. The van der Waals surface area contributed by atoms with Gasteiger partial charge in [-0.1, -0.05) is 176 Å². The van der Waals surface area contributed by atoms with Gasteiger partial charge in [-0.3, -0.25) is 14.5 Å². The van der Waals surface area contributed by atoms with Crippen LogP contribution in [0.4, 0.5) is 5.13 Å². The molecule has 14 heteroatoms. The molecular formula is C56H51N5O7S2. The number of esters is 2. The number of nitrogens with one attached hydrogen (secondary N) is 2. The third kappa shape index (κ3) is 11.1. The fourth-order valence-electron chi connectivity index (χ4n) is 8.13. The van der Waals surface area contributed by atoms with Crippen LogP contribution >= 0.6 is 23.1 Å². The van der Waals surface area contributed by atoms with Gasteiger partial charge < -0.3 is 24.9 Å². The average Bonchev–Trinajstić information content (AvgIpc) is 3.84. The zero-order valence-corrected chi connectivity index (χ0v) is 40.7. The van der Waals surface area contributed by atoms with Crippen LogP contribution in [0.15, 0.2) is 186 Å². The summed E-state index contributed by atoms with van der Waals surface area (Å²) in [6, 6.07) is 47.6. The number of aromatic nitrogens is 1. The molecule has 0 spiro atoms. The molecule has 0 saturated carbocycles. The monoisotopic (exact) mass is 969 g/mol. The van der Waals surface area contributed by atoms with E-state index in [-0.39, 0.29) is 17.1 Å². The van der Waals surface area contributed by atoms with Crippen molar-refractivity contribution in [3.8, 4) is 11.8 Å². The molecule has 2 aliphatic rings. The molecule has 2 aliphatic heterocycles. The Kier molecular flexibility index (Phi) is 15.4. The van der Waals surface area contributed by atoms with Gasteiger partial charge in [0.1, 0.15) is 33.9 Å². The number of oxime groups is 1. The molecule has 5 aromatic carbocycles. The van der Waals surface area contributed by atoms with E-state index in [1.165, 1.54) is 28.0 Å². The second-order valence-corrected chi connectivity index (χ2v) is 19.1. The van der Waals surface area contributed by atoms with E-state index in [4.69, 9.17) is 19.3 Å². The van der Waals surface area contributed by atoms with Crippen molar-refractivity contribution in [1.29, 1.82) is 0 Å². The van der Waals surface area contributed by atoms with Gasteiger partial charge in [-0.2, -0.15) is 0 Å². The summed E-state index contributed by atoms with van der Waals surface area (Å²) in [5, 5.41) is 12.1. The first-order chi connectivity index (χ1) is 34.0. The number of nitrogens with zero attached hydrogens (tertiary/aromatic N) is 3. The second-order valence-electron chi connectivity index (χ2n) is 17.2. The Labute approximate surface area is 415 Å². The van der Waals surface area contributed by atoms with Crippen molar-refractivity contribution in [2.24, 2.45) is 5.16 Å². The van der Waals surface area contributed by atoms with Crippen LogP contribution in [0.3, 0.4) is 0 Å². The minimum atomic E-state index is -1.08. The Morgan fingerprint density at radius 3 is 1.90 bits per heavy atom. The van der Waals surface area contributed by atoms with Crippen molar-refractivity contribution >= 4 is 57.7 Å². The Hall–Kier alpha value is -7.73. The standard InChI is InChI=1S/C56H51N5O7S2/c1-5-6-7-13-28-40-36-69-52-47(51(64)61(52)48(40)53(65)67-49(38-24-14-8-15-25-38)39-26-16-9-17-27-39)58-50(63)46(60-66-35-45(62)68-55(2,3)4)44-37-70-54(57-44)59-56(41-29-18-10-19-30-41,42-31-20-11-21-32-42)43-33-22-12-23-34-43/h8-34,37,47,49,52H,5,35-36H2,1-4H3,(H,57,59)(H,58,63)/t47-,52-/m1/s1. The van der Waals surface area contributed by atoms with Crippen LogP contribution in [-0.4, -0.2) is 68.7 Å². The van der Waals surface area contributed by atoms with E-state index in [2.05, 4.69) is 27.6 Å². The second kappa shape index (κ2) is 22.1. The first kappa shape index (κ1) is 48.7. The number of β-lactam (4-membered cyclic amide) rings is 1. The molecule has 0 radical (unpaired) electrons. The third-order valence-electron chi connectivity index (χ3n) is 11.2. The summed E-state index contributed by atoms with van der Waals surface area (Å²) < 4.78 is 11.7. The molecule has 8 rings (SSSR count). The van der Waals surface area contributed by atoms with E-state index >= 15 is 0 Å². The fourth-order valence-corrected chi connectivity index (χ4v) is 10.2. The number of thiazole rings is 1. The van der Waals surface area contributed by atoms with Gasteiger partial charge in [0.25, 0.3) is 11.8 Å². The van der Waals surface area contributed by atoms with E-state index in [0.717, 1.165) is 27.8 Å². The molecule has 1 saturated heterocycles. The minimum absolute atomic E-state index is 0.0641. The molecule has 0 unspecified atom stereocenters. The lowest BCUT2D eigenvalue weighted by Crippen LogP contribution is -2.71. The molecule has 3 heterocycles. The van der Waals surface area contributed by atoms with Crippen LogP contribution in [0.25, 0.3) is 0 Å². The highest BCUT2D eigenvalue weighted by atomic mass is 32.2. The smallest absolute Gasteiger partial charge is 0.356 e. The van der Waals surface area contributed by atoms with Gasteiger partial charge in [-0.25, -0.2) is 14.6 Å². The molecule has 0 bridgehead atoms. The highest BCUT2D eigenvalue weighted by Gasteiger charge is 2.55. The molecule has 2 atom stereocenters. The largest absolute Gasteiger partial charge is 0.457 e. The number of ether oxygens (including phenoxy) is 2. The van der Waals surface area contributed by atoms with E-state index in [0.29, 0.717) is 22.9 Å². The Bertz CT molecular complexity index is 2830. The van der Waals surface area contributed by atoms with Crippen molar-refractivity contribution in [1.82, 2.24) is 15.2 Å². The van der Waals surface area contributed by atoms with E-state index < -0.39 is 59.0 Å². The number of carbonyl (C=O) groups excluding carboxylic acids is 4. The van der Waals surface area contributed by atoms with Gasteiger partial charge in [-0.05, 0) is 66.3 Å². The van der Waals surface area contributed by atoms with Crippen LogP contribution < -0.4 is 10.6 Å². The van der Waals surface area contributed by atoms with Gasteiger partial charge >= 0.3 is 11.9 Å². The van der Waals surface area contributed by atoms with Gasteiger partial charge in [0, 0.05) is 17.6 Å². The third-order valence-corrected chi connectivity index (χ3v) is 13.2. The van der Waals surface area contributed by atoms with Gasteiger partial charge in [-0.15, -0.1) is 23.1 Å². The minimum Gasteiger partial charge on any atom is -0.457 e. The Morgan fingerprint density at radius 2 is 1.37 bits per heavy atom. The van der Waals surface area contributed by atoms with Crippen molar-refractivity contribution in [2.45, 2.75) is 62.8 Å². The van der Waals surface area contributed by atoms with Crippen molar-refractivity contribution in [2.75, 3.05) is 17.7 Å². The summed E-state index contributed by atoms with van der Waals surface area (Å²) in [4.78, 5) is 68.0. The summed E-state index contributed by atoms with van der Waals surface area (Å²) in [7, 11) is 0. The maximum absolute atomic E-state index is 14.6. The van der Waals surface area contributed by atoms with Gasteiger partial charge in [0.2, 0.25) is 6.61 Å². The average molecular weight is 970 g/mol. The van der Waals surface area contributed by atoms with Gasteiger partial charge in [0.05, 0.1) is 0 Å². The number of amides is 2. The van der Waals surface area contributed by atoms with Crippen LogP contribution in [0.2, 0.25) is 0 Å². The Morgan fingerprint density at radius 1 is 0.829 bits per heavy atom. The molecule has 354 valence electrons. The lowest BCUT2D eigenvalue weighted by Gasteiger charge is -2.49. The molecule has 2 N–H and O–H groups in total. The summed E-state index contributed by atoms with van der Waals surface area (Å²) >= 11 is 2.62. The maximum Gasteiger partial charge on any atom is 0.356 e. The SMILES string of the molecule is CCC#CC=CC1=C(C(=O)OC(c2ccccc2)c2ccccc2)N2C(=O)[C@@H](NC(=O)C(=NOCC(=O)OC(C)(C)C)c3csc(NC(c4ccccc4)(c4ccccc4)c4ccccc4)n3)[C@H]2SC1. The number of hydrogen-bond acceptors (Lipinski definition) is 12. The van der Waals surface area contributed by atoms with Crippen LogP contribution in [0, 0.1) is 11.8 Å². The number of carbonyl (C=O) groups is 4. The van der Waals surface area contributed by atoms with Gasteiger partial charge in [0.15, 0.2) is 16.9 Å². The molecule has 6 aromatic rings. The molecule has 1 aromatic heterocycles. The van der Waals surface area contributed by atoms with Crippen LogP contribution in [0.5, 0.6) is 0 Å². The summed E-state index contributed by atoms with van der Waals surface area (Å²) in [5.74, 6) is 3.56. The number of thioether (sulfide) groups is 1. The number of anilines is 1. The zero-order chi connectivity index (χ0) is 49.1. The number of allylic oxidation sites excluding steroid dienone is 2. The van der Waals surface area contributed by atoms with Crippen molar-refractivity contribution in [3.63, 3.8) is 0 Å². The van der Waals surface area contributed by atoms with E-state index in [9.17, 15) is 19.2 Å². The molecule has 0 aliphatic carbocycles. The molecule has 70 heavy (non-hydrogen) atoms. The van der Waals surface area contributed by atoms with Crippen molar-refractivity contribution < 1.29 is 33.5 Å². The molecule has 1 fully saturated rings. The van der Waals surface area contributed by atoms with Crippen molar-refractivity contribution in [3.05, 3.63) is 214 Å². The number of hydrogen-bond donors (Lipinski definition) is 2. The summed E-state index contributed by atoms with van der Waals surface area (Å²) in [6.07, 6.45) is 3.25. The molecular weight excluding hydrogens is 919 g/mol. The first-order valence-corrected chi connectivity index (χ1v) is 24.7. The number of rotatable bonds is 16. The maximum atomic E-state index is 14.6. The number of fused-ring (bicyclic) bond motifs is 1. The molecule has 2 amide bonds. The molecule has 12 nitrogen and oxygen atoms in total. The normalized spacial score (nSPS) is 15.9. The van der Waals surface area contributed by atoms with Crippen LogP contribution in [-0.2, 0) is 39.0 Å². The lowest BCUT2D eigenvalue weighted by molar-refractivity contribution is -0.160. The predicted molar refractivity (Wildman–Crippen MR) is 273 cm³/mol. The quantitative estimate of drug-likeness (QED) is 0.0240. The predicted octanol–water partition coefficient (Wildman–Crippen LogP) is 9.57. The highest BCUT2D eigenvalue weighted by Crippen LogP contribution is 2.43. The number of benzene rings is 5. The lowest BCUT2D eigenvalue weighted by atomic mass is 9.77.